The van der Waals surface area contributed by atoms with Crippen molar-refractivity contribution < 1.29 is 13.5 Å². The van der Waals surface area contributed by atoms with Crippen molar-refractivity contribution >= 4 is 21.4 Å². The molecule has 16 heavy (non-hydrogen) atoms. The molecule has 90 valence electrons. The molecule has 1 heterocycles. The van der Waals surface area contributed by atoms with Crippen LogP contribution in [0.25, 0.3) is 0 Å². The van der Waals surface area contributed by atoms with E-state index in [1.54, 1.807) is 6.92 Å². The van der Waals surface area contributed by atoms with Gasteiger partial charge in [-0.25, -0.2) is 13.4 Å². The van der Waals surface area contributed by atoms with Crippen LogP contribution in [0.1, 0.15) is 5.01 Å². The highest BCUT2D eigenvalue weighted by Crippen LogP contribution is 2.21. The quantitative estimate of drug-likeness (QED) is 0.763. The Kier molecular flexibility index (Phi) is 4.60. The summed E-state index contributed by atoms with van der Waals surface area (Å²) in [5, 5.41) is 9.52. The van der Waals surface area contributed by atoms with Crippen LogP contribution in [-0.2, 0) is 10.0 Å². The van der Waals surface area contributed by atoms with Gasteiger partial charge in [-0.05, 0) is 6.92 Å². The number of sulfonamides is 1. The van der Waals surface area contributed by atoms with E-state index in [1.807, 2.05) is 0 Å². The van der Waals surface area contributed by atoms with Gasteiger partial charge in [-0.3, -0.25) is 0 Å². The van der Waals surface area contributed by atoms with Gasteiger partial charge in [0.05, 0.1) is 17.8 Å². The van der Waals surface area contributed by atoms with Gasteiger partial charge >= 0.3 is 0 Å². The molecule has 5 nitrogen and oxygen atoms in total. The van der Waals surface area contributed by atoms with E-state index in [2.05, 4.69) is 11.6 Å². The molecule has 0 aliphatic rings. The van der Waals surface area contributed by atoms with Crippen LogP contribution in [0.3, 0.4) is 0 Å². The number of rotatable bonds is 6. The van der Waals surface area contributed by atoms with E-state index < -0.39 is 10.0 Å². The average Bonchev–Trinajstić information content (AvgIpc) is 2.65. The van der Waals surface area contributed by atoms with Crippen molar-refractivity contribution in [2.45, 2.75) is 11.1 Å². The summed E-state index contributed by atoms with van der Waals surface area (Å²) < 4.78 is 25.5. The van der Waals surface area contributed by atoms with E-state index in [-0.39, 0.29) is 23.9 Å². The van der Waals surface area contributed by atoms with Crippen molar-refractivity contribution in [3.8, 4) is 0 Å². The summed E-state index contributed by atoms with van der Waals surface area (Å²) in [4.78, 5) is 3.91. The first-order valence-corrected chi connectivity index (χ1v) is 6.92. The van der Waals surface area contributed by atoms with E-state index in [0.29, 0.717) is 5.01 Å². The molecule has 1 aromatic heterocycles. The molecule has 0 aromatic carbocycles. The molecule has 0 aliphatic heterocycles. The maximum atomic E-state index is 12.1. The minimum Gasteiger partial charge on any atom is -0.395 e. The summed E-state index contributed by atoms with van der Waals surface area (Å²) in [6.45, 7) is 5.26. The summed E-state index contributed by atoms with van der Waals surface area (Å²) in [6, 6.07) is 0. The molecule has 0 radical (unpaired) electrons. The smallest absolute Gasteiger partial charge is 0.254 e. The number of hydrogen-bond donors (Lipinski definition) is 1. The summed E-state index contributed by atoms with van der Waals surface area (Å²) in [5.41, 5.74) is 0. The Morgan fingerprint density at radius 2 is 2.38 bits per heavy atom. The van der Waals surface area contributed by atoms with Crippen LogP contribution in [0.4, 0.5) is 0 Å². The lowest BCUT2D eigenvalue weighted by Gasteiger charge is -2.17. The molecular formula is C9H14N2O3S2. The maximum Gasteiger partial charge on any atom is 0.254 e. The lowest BCUT2D eigenvalue weighted by atomic mass is 10.6. The molecule has 1 N–H and O–H groups in total. The highest BCUT2D eigenvalue weighted by molar-refractivity contribution is 7.91. The van der Waals surface area contributed by atoms with Crippen molar-refractivity contribution in [3.63, 3.8) is 0 Å². The molecule has 0 unspecified atom stereocenters. The standard InChI is InChI=1S/C9H14N2O3S2/c1-3-4-11(5-6-12)16(13,14)9-7-10-8(2)15-9/h3,7,12H,1,4-6H2,2H3. The second-order valence-electron chi connectivity index (χ2n) is 3.07. The molecule has 0 fully saturated rings. The van der Waals surface area contributed by atoms with Gasteiger partial charge in [-0.1, -0.05) is 6.08 Å². The maximum absolute atomic E-state index is 12.1. The zero-order valence-electron chi connectivity index (χ0n) is 8.96. The zero-order valence-corrected chi connectivity index (χ0v) is 10.6. The number of aryl methyl sites for hydroxylation is 1. The topological polar surface area (TPSA) is 70.5 Å². The lowest BCUT2D eigenvalue weighted by Crippen LogP contribution is -2.33. The molecule has 0 amide bonds. The molecule has 0 spiro atoms. The van der Waals surface area contributed by atoms with E-state index in [4.69, 9.17) is 5.11 Å². The fourth-order valence-corrected chi connectivity index (χ4v) is 3.82. The van der Waals surface area contributed by atoms with E-state index in [9.17, 15) is 8.42 Å². The predicted molar refractivity (Wildman–Crippen MR) is 62.9 cm³/mol. The fourth-order valence-electron chi connectivity index (χ4n) is 1.15. The van der Waals surface area contributed by atoms with Crippen molar-refractivity contribution in [3.05, 3.63) is 23.9 Å². The van der Waals surface area contributed by atoms with Gasteiger partial charge in [0.2, 0.25) is 0 Å². The van der Waals surface area contributed by atoms with Crippen LogP contribution in [0.5, 0.6) is 0 Å². The van der Waals surface area contributed by atoms with E-state index in [0.717, 1.165) is 11.3 Å². The summed E-state index contributed by atoms with van der Waals surface area (Å²) >= 11 is 1.12. The molecular weight excluding hydrogens is 248 g/mol. The fraction of sp³-hybridized carbons (Fsp3) is 0.444. The third-order valence-electron chi connectivity index (χ3n) is 1.88. The first-order valence-electron chi connectivity index (χ1n) is 4.66. The Bertz CT molecular complexity index is 453. The minimum absolute atomic E-state index is 0.0608. The molecule has 1 aromatic rings. The largest absolute Gasteiger partial charge is 0.395 e. The monoisotopic (exact) mass is 262 g/mol. The van der Waals surface area contributed by atoms with Crippen LogP contribution < -0.4 is 0 Å². The van der Waals surface area contributed by atoms with Gasteiger partial charge in [0.1, 0.15) is 0 Å². The normalized spacial score (nSPS) is 11.9. The Morgan fingerprint density at radius 1 is 1.69 bits per heavy atom. The molecule has 0 aliphatic carbocycles. The van der Waals surface area contributed by atoms with Crippen molar-refractivity contribution in [1.82, 2.24) is 9.29 Å². The Labute approximate surface area is 99.1 Å². The van der Waals surface area contributed by atoms with Gasteiger partial charge in [0.25, 0.3) is 10.0 Å². The zero-order chi connectivity index (χ0) is 12.2. The van der Waals surface area contributed by atoms with Gasteiger partial charge in [0.15, 0.2) is 4.21 Å². The first-order chi connectivity index (χ1) is 7.52. The molecule has 0 saturated heterocycles. The van der Waals surface area contributed by atoms with E-state index in [1.165, 1.54) is 16.6 Å². The van der Waals surface area contributed by atoms with Crippen LogP contribution >= 0.6 is 11.3 Å². The van der Waals surface area contributed by atoms with Gasteiger partial charge in [-0.15, -0.1) is 17.9 Å². The number of nitrogens with zero attached hydrogens (tertiary/aromatic N) is 2. The second kappa shape index (κ2) is 5.53. The number of aromatic nitrogens is 1. The highest BCUT2D eigenvalue weighted by atomic mass is 32.2. The SMILES string of the molecule is C=CCN(CCO)S(=O)(=O)c1cnc(C)s1. The molecule has 0 bridgehead atoms. The van der Waals surface area contributed by atoms with Crippen LogP contribution in [-0.4, -0.2) is 42.5 Å². The summed E-state index contributed by atoms with van der Waals surface area (Å²) in [6.07, 6.45) is 2.82. The third kappa shape index (κ3) is 2.88. The van der Waals surface area contributed by atoms with Crippen LogP contribution in [0, 0.1) is 6.92 Å². The summed E-state index contributed by atoms with van der Waals surface area (Å²) in [7, 11) is -3.55. The lowest BCUT2D eigenvalue weighted by molar-refractivity contribution is 0.260. The molecule has 0 saturated carbocycles. The second-order valence-corrected chi connectivity index (χ2v) is 6.47. The summed E-state index contributed by atoms with van der Waals surface area (Å²) in [5.74, 6) is 0. The molecule has 0 atom stereocenters. The van der Waals surface area contributed by atoms with Crippen LogP contribution in [0.2, 0.25) is 0 Å². The Hall–Kier alpha value is -0.760. The first kappa shape index (κ1) is 13.3. The van der Waals surface area contributed by atoms with Gasteiger partial charge < -0.3 is 5.11 Å². The number of aliphatic hydroxyl groups excluding tert-OH is 1. The number of aliphatic hydroxyl groups is 1. The minimum atomic E-state index is -3.55. The molecule has 7 heteroatoms. The van der Waals surface area contributed by atoms with Crippen molar-refractivity contribution in [2.75, 3.05) is 19.7 Å². The third-order valence-corrected chi connectivity index (χ3v) is 5.09. The average molecular weight is 262 g/mol. The predicted octanol–water partition coefficient (Wildman–Crippen LogP) is 0.621. The molecule has 1 rings (SSSR count). The van der Waals surface area contributed by atoms with Crippen molar-refractivity contribution in [2.24, 2.45) is 0 Å². The highest BCUT2D eigenvalue weighted by Gasteiger charge is 2.24. The van der Waals surface area contributed by atoms with Gasteiger partial charge in [-0.2, -0.15) is 4.31 Å². The Morgan fingerprint density at radius 3 is 2.81 bits per heavy atom. The van der Waals surface area contributed by atoms with Gasteiger partial charge in [0, 0.05) is 13.1 Å². The van der Waals surface area contributed by atoms with E-state index >= 15 is 0 Å². The van der Waals surface area contributed by atoms with Crippen LogP contribution in [0.15, 0.2) is 23.1 Å². The Balaban J connectivity index is 3.02. The van der Waals surface area contributed by atoms with Crippen molar-refractivity contribution in [1.29, 1.82) is 0 Å². The number of hydrogen-bond acceptors (Lipinski definition) is 5. The number of thiazole rings is 1.